The lowest BCUT2D eigenvalue weighted by atomic mass is 10.2. The number of aryl methyl sites for hydroxylation is 1. The Bertz CT molecular complexity index is 510. The molecule has 1 heterocycles. The molecular weight excluding hydrogens is 284 g/mol. The SMILES string of the molecule is CCc1ncc(CO[Si](C)(C)C(C)(C)C)cc1OC(N)=O. The number of nitrogens with zero attached hydrogens (tertiary/aromatic N) is 1. The third kappa shape index (κ3) is 4.82. The zero-order valence-electron chi connectivity index (χ0n) is 13.8. The summed E-state index contributed by atoms with van der Waals surface area (Å²) in [5, 5.41) is 0.149. The van der Waals surface area contributed by atoms with E-state index in [2.05, 4.69) is 38.8 Å². The Morgan fingerprint density at radius 3 is 2.48 bits per heavy atom. The number of amides is 1. The second-order valence-corrected chi connectivity index (χ2v) is 11.4. The van der Waals surface area contributed by atoms with Gasteiger partial charge in [0.1, 0.15) is 0 Å². The minimum Gasteiger partial charge on any atom is -0.412 e. The van der Waals surface area contributed by atoms with Crippen molar-refractivity contribution in [3.63, 3.8) is 0 Å². The molecule has 0 saturated heterocycles. The predicted molar refractivity (Wildman–Crippen MR) is 85.8 cm³/mol. The Morgan fingerprint density at radius 2 is 2.00 bits per heavy atom. The van der Waals surface area contributed by atoms with Crippen LogP contribution in [-0.2, 0) is 17.5 Å². The highest BCUT2D eigenvalue weighted by atomic mass is 28.4. The Kier molecular flexibility index (Phi) is 5.52. The number of hydrogen-bond donors (Lipinski definition) is 1. The second-order valence-electron chi connectivity index (χ2n) is 6.61. The maximum Gasteiger partial charge on any atom is 0.410 e. The fourth-order valence-electron chi connectivity index (χ4n) is 1.53. The van der Waals surface area contributed by atoms with Gasteiger partial charge in [0.2, 0.25) is 0 Å². The monoisotopic (exact) mass is 310 g/mol. The Morgan fingerprint density at radius 1 is 1.38 bits per heavy atom. The van der Waals surface area contributed by atoms with Gasteiger partial charge < -0.3 is 14.9 Å². The van der Waals surface area contributed by atoms with Crippen molar-refractivity contribution in [2.75, 3.05) is 0 Å². The summed E-state index contributed by atoms with van der Waals surface area (Å²) >= 11 is 0. The van der Waals surface area contributed by atoms with E-state index in [0.29, 0.717) is 24.5 Å². The molecule has 1 rings (SSSR count). The first kappa shape index (κ1) is 17.6. The van der Waals surface area contributed by atoms with Gasteiger partial charge in [-0.3, -0.25) is 4.98 Å². The second kappa shape index (κ2) is 6.57. The Balaban J connectivity index is 2.88. The lowest BCUT2D eigenvalue weighted by Crippen LogP contribution is -2.40. The van der Waals surface area contributed by atoms with Crippen molar-refractivity contribution in [1.82, 2.24) is 4.98 Å². The van der Waals surface area contributed by atoms with Crippen LogP contribution in [0.4, 0.5) is 4.79 Å². The fourth-order valence-corrected chi connectivity index (χ4v) is 2.50. The van der Waals surface area contributed by atoms with Crippen LogP contribution in [0.2, 0.25) is 18.1 Å². The van der Waals surface area contributed by atoms with Gasteiger partial charge in [-0.15, -0.1) is 0 Å². The van der Waals surface area contributed by atoms with Crippen LogP contribution in [-0.4, -0.2) is 19.4 Å². The van der Waals surface area contributed by atoms with Crippen molar-refractivity contribution in [2.24, 2.45) is 5.73 Å². The van der Waals surface area contributed by atoms with Gasteiger partial charge in [0.05, 0.1) is 12.3 Å². The van der Waals surface area contributed by atoms with Gasteiger partial charge in [-0.2, -0.15) is 0 Å². The normalized spacial score (nSPS) is 12.3. The number of aromatic nitrogens is 1. The van der Waals surface area contributed by atoms with Gasteiger partial charge in [0.15, 0.2) is 14.1 Å². The van der Waals surface area contributed by atoms with Crippen molar-refractivity contribution in [3.8, 4) is 5.75 Å². The molecule has 2 N–H and O–H groups in total. The van der Waals surface area contributed by atoms with E-state index in [1.807, 2.05) is 6.92 Å². The van der Waals surface area contributed by atoms with Gasteiger partial charge in [-0.25, -0.2) is 4.79 Å². The molecule has 0 aliphatic heterocycles. The van der Waals surface area contributed by atoms with Crippen LogP contribution >= 0.6 is 0 Å². The lowest BCUT2D eigenvalue weighted by molar-refractivity contribution is 0.210. The number of carbonyl (C=O) groups is 1. The number of hydrogen-bond acceptors (Lipinski definition) is 4. The minimum absolute atomic E-state index is 0.149. The topological polar surface area (TPSA) is 74.4 Å². The van der Waals surface area contributed by atoms with Crippen LogP contribution in [0.25, 0.3) is 0 Å². The number of primary amides is 1. The summed E-state index contributed by atoms with van der Waals surface area (Å²) in [7, 11) is -1.82. The zero-order chi connectivity index (χ0) is 16.3. The first-order valence-corrected chi connectivity index (χ1v) is 10.1. The molecule has 0 radical (unpaired) electrons. The summed E-state index contributed by atoms with van der Waals surface area (Å²) < 4.78 is 11.1. The molecule has 0 fully saturated rings. The zero-order valence-corrected chi connectivity index (χ0v) is 14.8. The molecule has 5 nitrogen and oxygen atoms in total. The van der Waals surface area contributed by atoms with Gasteiger partial charge in [0, 0.05) is 6.20 Å². The van der Waals surface area contributed by atoms with Crippen molar-refractivity contribution < 1.29 is 14.0 Å². The highest BCUT2D eigenvalue weighted by molar-refractivity contribution is 6.74. The highest BCUT2D eigenvalue weighted by Gasteiger charge is 2.37. The molecule has 6 heteroatoms. The molecule has 21 heavy (non-hydrogen) atoms. The fraction of sp³-hybridized carbons (Fsp3) is 0.600. The molecule has 1 aromatic rings. The van der Waals surface area contributed by atoms with Crippen molar-refractivity contribution in [2.45, 2.75) is 58.9 Å². The summed E-state index contributed by atoms with van der Waals surface area (Å²) in [5.74, 6) is 0.418. The summed E-state index contributed by atoms with van der Waals surface area (Å²) in [4.78, 5) is 15.3. The van der Waals surface area contributed by atoms with Crippen LogP contribution in [0.15, 0.2) is 12.3 Å². The molecular formula is C15H26N2O3Si. The summed E-state index contributed by atoms with van der Waals surface area (Å²) in [6.07, 6.45) is 1.61. The van der Waals surface area contributed by atoms with Crippen molar-refractivity contribution in [3.05, 3.63) is 23.5 Å². The largest absolute Gasteiger partial charge is 0.412 e. The third-order valence-corrected chi connectivity index (χ3v) is 8.42. The third-order valence-electron chi connectivity index (χ3n) is 3.94. The van der Waals surface area contributed by atoms with E-state index in [-0.39, 0.29) is 5.04 Å². The predicted octanol–water partition coefficient (Wildman–Crippen LogP) is 3.62. The number of nitrogens with two attached hydrogens (primary N) is 1. The van der Waals surface area contributed by atoms with Crippen LogP contribution < -0.4 is 10.5 Å². The van der Waals surface area contributed by atoms with E-state index < -0.39 is 14.4 Å². The number of ether oxygens (including phenoxy) is 1. The summed E-state index contributed by atoms with van der Waals surface area (Å²) in [6.45, 7) is 13.4. The maximum absolute atomic E-state index is 10.9. The molecule has 0 atom stereocenters. The van der Waals surface area contributed by atoms with Gasteiger partial charge >= 0.3 is 6.09 Å². The molecule has 0 aliphatic rings. The van der Waals surface area contributed by atoms with E-state index in [0.717, 1.165) is 5.56 Å². The van der Waals surface area contributed by atoms with E-state index in [1.165, 1.54) is 0 Å². The van der Waals surface area contributed by atoms with Gasteiger partial charge in [0.25, 0.3) is 0 Å². The first-order valence-electron chi connectivity index (χ1n) is 7.16. The minimum atomic E-state index is -1.82. The summed E-state index contributed by atoms with van der Waals surface area (Å²) in [6, 6.07) is 1.78. The standard InChI is InChI=1S/C15H26N2O3Si/c1-7-12-13(20-14(16)18)8-11(9-17-12)10-19-21(5,6)15(2,3)4/h8-9H,7,10H2,1-6H3,(H2,16,18). The molecule has 0 bridgehead atoms. The molecule has 0 saturated carbocycles. The maximum atomic E-state index is 10.9. The molecule has 118 valence electrons. The molecule has 0 unspecified atom stereocenters. The van der Waals surface area contributed by atoms with E-state index >= 15 is 0 Å². The average Bonchev–Trinajstić information content (AvgIpc) is 2.34. The summed E-state index contributed by atoms with van der Waals surface area (Å²) in [5.41, 5.74) is 6.68. The van der Waals surface area contributed by atoms with Crippen LogP contribution in [0.5, 0.6) is 5.75 Å². The molecule has 1 amide bonds. The number of pyridine rings is 1. The number of carbonyl (C=O) groups excluding carboxylic acids is 1. The van der Waals surface area contributed by atoms with Crippen LogP contribution in [0.3, 0.4) is 0 Å². The van der Waals surface area contributed by atoms with Crippen LogP contribution in [0, 0.1) is 0 Å². The first-order chi connectivity index (χ1) is 9.56. The average molecular weight is 310 g/mol. The molecule has 0 spiro atoms. The van der Waals surface area contributed by atoms with E-state index in [4.69, 9.17) is 14.9 Å². The van der Waals surface area contributed by atoms with Gasteiger partial charge in [-0.05, 0) is 36.2 Å². The molecule has 0 aliphatic carbocycles. The molecule has 0 aromatic carbocycles. The van der Waals surface area contributed by atoms with E-state index in [1.54, 1.807) is 12.3 Å². The Hall–Kier alpha value is -1.40. The molecule has 1 aromatic heterocycles. The van der Waals surface area contributed by atoms with Crippen molar-refractivity contribution in [1.29, 1.82) is 0 Å². The number of rotatable bonds is 5. The van der Waals surface area contributed by atoms with Gasteiger partial charge in [-0.1, -0.05) is 27.7 Å². The van der Waals surface area contributed by atoms with E-state index in [9.17, 15) is 4.79 Å². The van der Waals surface area contributed by atoms with Crippen LogP contribution in [0.1, 0.15) is 39.0 Å². The quantitative estimate of drug-likeness (QED) is 0.843. The highest BCUT2D eigenvalue weighted by Crippen LogP contribution is 2.37. The smallest absolute Gasteiger partial charge is 0.410 e. The lowest BCUT2D eigenvalue weighted by Gasteiger charge is -2.36. The van der Waals surface area contributed by atoms with Crippen molar-refractivity contribution >= 4 is 14.4 Å². The Labute approximate surface area is 128 Å².